The third kappa shape index (κ3) is 4.46. The molecule has 0 aliphatic carbocycles. The lowest BCUT2D eigenvalue weighted by atomic mass is 10.3. The van der Waals surface area contributed by atoms with Crippen LogP contribution in [0, 0.1) is 0 Å². The van der Waals surface area contributed by atoms with Crippen molar-refractivity contribution < 1.29 is 19.1 Å². The summed E-state index contributed by atoms with van der Waals surface area (Å²) in [7, 11) is 1.33. The number of rotatable bonds is 6. The zero-order valence-corrected chi connectivity index (χ0v) is 12.5. The van der Waals surface area contributed by atoms with Gasteiger partial charge in [0.05, 0.1) is 0 Å². The number of ether oxygens (including phenoxy) is 2. The molecule has 0 fully saturated rings. The number of halogens is 1. The van der Waals surface area contributed by atoms with Crippen LogP contribution in [-0.4, -0.2) is 30.4 Å². The highest BCUT2D eigenvalue weighted by atomic mass is 35.5. The van der Waals surface area contributed by atoms with Gasteiger partial charge in [-0.1, -0.05) is 35.0 Å². The van der Waals surface area contributed by atoms with Crippen LogP contribution in [-0.2, 0) is 9.63 Å². The standard InChI is InChI=1S/C15H13ClN2O4/c1-20-18-12(10-21-13-8-5-9-17-14(13)16)15(19)22-11-6-3-2-4-7-11/h2-9H,10H2,1H3/b18-12+. The van der Waals surface area contributed by atoms with Crippen LogP contribution in [0.15, 0.2) is 53.8 Å². The van der Waals surface area contributed by atoms with E-state index in [1.54, 1.807) is 36.4 Å². The quantitative estimate of drug-likeness (QED) is 0.269. The molecule has 1 aromatic carbocycles. The van der Waals surface area contributed by atoms with Gasteiger partial charge in [0.2, 0.25) is 5.71 Å². The number of carbonyl (C=O) groups excluding carboxylic acids is 1. The lowest BCUT2D eigenvalue weighted by molar-refractivity contribution is -0.127. The molecule has 0 N–H and O–H groups in total. The molecule has 0 amide bonds. The summed E-state index contributed by atoms with van der Waals surface area (Å²) in [5.41, 5.74) is -0.0359. The molecule has 0 saturated heterocycles. The van der Waals surface area contributed by atoms with Crippen molar-refractivity contribution in [1.82, 2.24) is 4.98 Å². The molecular weight excluding hydrogens is 308 g/mol. The first-order valence-corrected chi connectivity index (χ1v) is 6.69. The third-order valence-electron chi connectivity index (χ3n) is 2.48. The predicted molar refractivity (Wildman–Crippen MR) is 81.3 cm³/mol. The maximum atomic E-state index is 12.0. The van der Waals surface area contributed by atoms with E-state index in [0.29, 0.717) is 11.5 Å². The summed E-state index contributed by atoms with van der Waals surface area (Å²) >= 11 is 5.87. The lowest BCUT2D eigenvalue weighted by Gasteiger charge is -2.09. The van der Waals surface area contributed by atoms with Crippen LogP contribution in [0.3, 0.4) is 0 Å². The zero-order chi connectivity index (χ0) is 15.8. The summed E-state index contributed by atoms with van der Waals surface area (Å²) in [5, 5.41) is 3.81. The number of hydrogen-bond donors (Lipinski definition) is 0. The van der Waals surface area contributed by atoms with Crippen molar-refractivity contribution in [2.75, 3.05) is 13.7 Å². The second-order valence-electron chi connectivity index (χ2n) is 4.00. The molecule has 1 aromatic heterocycles. The average Bonchev–Trinajstić information content (AvgIpc) is 2.53. The molecule has 7 heteroatoms. The largest absolute Gasteiger partial charge is 0.484 e. The normalized spacial score (nSPS) is 10.9. The number of nitrogens with zero attached hydrogens (tertiary/aromatic N) is 2. The van der Waals surface area contributed by atoms with Crippen molar-refractivity contribution in [1.29, 1.82) is 0 Å². The zero-order valence-electron chi connectivity index (χ0n) is 11.7. The predicted octanol–water partition coefficient (Wildman–Crippen LogP) is 2.72. The van der Waals surface area contributed by atoms with Gasteiger partial charge in [-0.05, 0) is 24.3 Å². The number of hydrogen-bond acceptors (Lipinski definition) is 6. The van der Waals surface area contributed by atoms with Gasteiger partial charge in [-0.15, -0.1) is 0 Å². The van der Waals surface area contributed by atoms with Gasteiger partial charge in [0, 0.05) is 6.20 Å². The van der Waals surface area contributed by atoms with Gasteiger partial charge < -0.3 is 14.3 Å². The van der Waals surface area contributed by atoms with E-state index in [9.17, 15) is 4.79 Å². The maximum absolute atomic E-state index is 12.0. The minimum Gasteiger partial charge on any atom is -0.484 e. The van der Waals surface area contributed by atoms with Crippen molar-refractivity contribution in [3.8, 4) is 11.5 Å². The summed E-state index contributed by atoms with van der Waals surface area (Å²) in [5.74, 6) is 0.0595. The number of para-hydroxylation sites is 1. The van der Waals surface area contributed by atoms with E-state index in [-0.39, 0.29) is 17.5 Å². The van der Waals surface area contributed by atoms with Gasteiger partial charge in [-0.25, -0.2) is 9.78 Å². The van der Waals surface area contributed by atoms with Gasteiger partial charge >= 0.3 is 5.97 Å². The van der Waals surface area contributed by atoms with Crippen LogP contribution in [0.2, 0.25) is 5.15 Å². The van der Waals surface area contributed by atoms with E-state index in [4.69, 9.17) is 21.1 Å². The SMILES string of the molecule is CO/N=C(\COc1cccnc1Cl)C(=O)Oc1ccccc1. The molecule has 114 valence electrons. The first-order chi connectivity index (χ1) is 10.7. The fourth-order valence-electron chi connectivity index (χ4n) is 1.51. The van der Waals surface area contributed by atoms with Crippen molar-refractivity contribution in [2.24, 2.45) is 5.16 Å². The van der Waals surface area contributed by atoms with E-state index in [0.717, 1.165) is 0 Å². The monoisotopic (exact) mass is 320 g/mol. The van der Waals surface area contributed by atoms with Crippen molar-refractivity contribution in [3.05, 3.63) is 53.8 Å². The van der Waals surface area contributed by atoms with Gasteiger partial charge in [0.15, 0.2) is 10.9 Å². The fraction of sp³-hybridized carbons (Fsp3) is 0.133. The topological polar surface area (TPSA) is 70.0 Å². The Morgan fingerprint density at radius 2 is 2.00 bits per heavy atom. The van der Waals surface area contributed by atoms with E-state index < -0.39 is 5.97 Å². The Morgan fingerprint density at radius 1 is 1.23 bits per heavy atom. The van der Waals surface area contributed by atoms with Gasteiger partial charge in [-0.2, -0.15) is 0 Å². The maximum Gasteiger partial charge on any atom is 0.365 e. The van der Waals surface area contributed by atoms with Crippen LogP contribution in [0.25, 0.3) is 0 Å². The number of aromatic nitrogens is 1. The Morgan fingerprint density at radius 3 is 2.68 bits per heavy atom. The minimum atomic E-state index is -0.673. The van der Waals surface area contributed by atoms with E-state index >= 15 is 0 Å². The van der Waals surface area contributed by atoms with Crippen LogP contribution < -0.4 is 9.47 Å². The van der Waals surface area contributed by atoms with E-state index in [1.165, 1.54) is 13.3 Å². The van der Waals surface area contributed by atoms with Crippen LogP contribution in [0.1, 0.15) is 0 Å². The first-order valence-electron chi connectivity index (χ1n) is 6.31. The molecule has 2 rings (SSSR count). The highest BCUT2D eigenvalue weighted by molar-refractivity contribution is 6.37. The smallest absolute Gasteiger partial charge is 0.365 e. The number of pyridine rings is 1. The Bertz CT molecular complexity index is 662. The molecule has 0 radical (unpaired) electrons. The third-order valence-corrected chi connectivity index (χ3v) is 2.76. The van der Waals surface area contributed by atoms with Crippen LogP contribution in [0.4, 0.5) is 0 Å². The molecule has 0 aliphatic heterocycles. The molecule has 2 aromatic rings. The molecule has 22 heavy (non-hydrogen) atoms. The molecule has 0 bridgehead atoms. The lowest BCUT2D eigenvalue weighted by Crippen LogP contribution is -2.27. The average molecular weight is 321 g/mol. The molecule has 1 heterocycles. The Balaban J connectivity index is 2.02. The Hall–Kier alpha value is -2.60. The molecule has 6 nitrogen and oxygen atoms in total. The Labute approximate surface area is 132 Å². The molecule has 0 unspecified atom stereocenters. The summed E-state index contributed by atoms with van der Waals surface area (Å²) in [6.07, 6.45) is 1.53. The van der Waals surface area contributed by atoms with Crippen LogP contribution >= 0.6 is 11.6 Å². The second-order valence-corrected chi connectivity index (χ2v) is 4.36. The number of esters is 1. The highest BCUT2D eigenvalue weighted by Crippen LogP contribution is 2.20. The molecule has 0 aliphatic rings. The summed E-state index contributed by atoms with van der Waals surface area (Å²) in [6, 6.07) is 11.9. The van der Waals surface area contributed by atoms with Gasteiger partial charge in [0.1, 0.15) is 19.5 Å². The fourth-order valence-corrected chi connectivity index (χ4v) is 1.69. The number of carbonyl (C=O) groups is 1. The van der Waals surface area contributed by atoms with E-state index in [2.05, 4.69) is 15.0 Å². The van der Waals surface area contributed by atoms with E-state index in [1.807, 2.05) is 6.07 Å². The minimum absolute atomic E-state index is 0.0359. The van der Waals surface area contributed by atoms with Gasteiger partial charge in [0.25, 0.3) is 0 Å². The Kier molecular flexibility index (Phi) is 5.73. The highest BCUT2D eigenvalue weighted by Gasteiger charge is 2.17. The molecule has 0 saturated carbocycles. The van der Waals surface area contributed by atoms with Crippen LogP contribution in [0.5, 0.6) is 11.5 Å². The summed E-state index contributed by atoms with van der Waals surface area (Å²) in [6.45, 7) is -0.162. The van der Waals surface area contributed by atoms with Crippen molar-refractivity contribution >= 4 is 23.3 Å². The number of oxime groups is 1. The van der Waals surface area contributed by atoms with Crippen molar-refractivity contribution in [2.45, 2.75) is 0 Å². The van der Waals surface area contributed by atoms with Gasteiger partial charge in [-0.3, -0.25) is 0 Å². The summed E-state index contributed by atoms with van der Waals surface area (Å²) < 4.78 is 10.6. The molecule has 0 atom stereocenters. The second kappa shape index (κ2) is 7.99. The van der Waals surface area contributed by atoms with Crippen molar-refractivity contribution in [3.63, 3.8) is 0 Å². The molecular formula is C15H13ClN2O4. The summed E-state index contributed by atoms with van der Waals surface area (Å²) in [4.78, 5) is 20.6. The molecule has 0 spiro atoms. The number of benzene rings is 1. The first kappa shape index (κ1) is 15.8.